The van der Waals surface area contributed by atoms with Crippen LogP contribution in [0.2, 0.25) is 0 Å². The smallest absolute Gasteiger partial charge is 0.153 e. The van der Waals surface area contributed by atoms with Gasteiger partial charge in [-0.25, -0.2) is 0 Å². The second-order valence-corrected chi connectivity index (χ2v) is 4.55. The van der Waals surface area contributed by atoms with Crippen molar-refractivity contribution in [2.75, 3.05) is 12.3 Å². The van der Waals surface area contributed by atoms with Gasteiger partial charge in [0.2, 0.25) is 0 Å². The second-order valence-electron chi connectivity index (χ2n) is 4.55. The van der Waals surface area contributed by atoms with Crippen LogP contribution in [0.4, 0.5) is 5.69 Å². The van der Waals surface area contributed by atoms with E-state index in [1.54, 1.807) is 6.20 Å². The first-order chi connectivity index (χ1) is 8.76. The lowest BCUT2D eigenvalue weighted by Gasteiger charge is -2.16. The van der Waals surface area contributed by atoms with Crippen LogP contribution in [0.15, 0.2) is 30.5 Å². The summed E-state index contributed by atoms with van der Waals surface area (Å²) in [5.74, 6) is 1.35. The summed E-state index contributed by atoms with van der Waals surface area (Å²) >= 11 is 0. The number of benzene rings is 1. The fourth-order valence-electron chi connectivity index (χ4n) is 2.02. The normalized spacial score (nSPS) is 11.1. The molecule has 0 radical (unpaired) electrons. The average Bonchev–Trinajstić information content (AvgIpc) is 2.42. The van der Waals surface area contributed by atoms with Crippen molar-refractivity contribution in [2.45, 2.75) is 26.7 Å². The van der Waals surface area contributed by atoms with Gasteiger partial charge in [-0.1, -0.05) is 38.8 Å². The Hall–Kier alpha value is -1.77. The van der Waals surface area contributed by atoms with E-state index in [9.17, 15) is 0 Å². The number of fused-ring (bicyclic) bond motifs is 1. The summed E-state index contributed by atoms with van der Waals surface area (Å²) in [6.45, 7) is 5.09. The lowest BCUT2D eigenvalue weighted by molar-refractivity contribution is 0.244. The molecule has 0 fully saturated rings. The van der Waals surface area contributed by atoms with E-state index < -0.39 is 0 Å². The standard InChI is InChI=1S/C15H20N2O/c1-3-11(4-2)10-18-15-12-7-5-6-8-14(12)17-9-13(15)16/h5-9,11H,3-4,10,16H2,1-2H3. The van der Waals surface area contributed by atoms with Crippen molar-refractivity contribution in [3.63, 3.8) is 0 Å². The highest BCUT2D eigenvalue weighted by molar-refractivity contribution is 5.89. The lowest BCUT2D eigenvalue weighted by Crippen LogP contribution is -2.11. The molecule has 1 aromatic carbocycles. The Balaban J connectivity index is 2.29. The van der Waals surface area contributed by atoms with Crippen LogP contribution in [0.3, 0.4) is 0 Å². The lowest BCUT2D eigenvalue weighted by atomic mass is 10.1. The number of para-hydroxylation sites is 1. The molecule has 0 atom stereocenters. The number of nitrogen functional groups attached to an aromatic ring is 1. The van der Waals surface area contributed by atoms with Crippen LogP contribution in [0.5, 0.6) is 5.75 Å². The molecular formula is C15H20N2O. The summed E-state index contributed by atoms with van der Waals surface area (Å²) in [7, 11) is 0. The monoisotopic (exact) mass is 244 g/mol. The highest BCUT2D eigenvalue weighted by Crippen LogP contribution is 2.30. The number of hydrogen-bond donors (Lipinski definition) is 1. The maximum atomic E-state index is 5.97. The summed E-state index contributed by atoms with van der Waals surface area (Å²) in [6, 6.07) is 7.92. The van der Waals surface area contributed by atoms with Gasteiger partial charge in [0.05, 0.1) is 24.0 Å². The van der Waals surface area contributed by atoms with Crippen molar-refractivity contribution in [1.29, 1.82) is 0 Å². The minimum absolute atomic E-state index is 0.580. The molecule has 3 nitrogen and oxygen atoms in total. The third-order valence-electron chi connectivity index (χ3n) is 3.37. The molecule has 0 saturated carbocycles. The maximum Gasteiger partial charge on any atom is 0.153 e. The second kappa shape index (κ2) is 5.71. The maximum absolute atomic E-state index is 5.97. The molecule has 0 aliphatic carbocycles. The molecular weight excluding hydrogens is 224 g/mol. The van der Waals surface area contributed by atoms with E-state index in [4.69, 9.17) is 10.5 Å². The van der Waals surface area contributed by atoms with Gasteiger partial charge in [0.1, 0.15) is 0 Å². The average molecular weight is 244 g/mol. The molecule has 0 aliphatic rings. The minimum Gasteiger partial charge on any atom is -0.490 e. The quantitative estimate of drug-likeness (QED) is 0.873. The van der Waals surface area contributed by atoms with E-state index in [1.807, 2.05) is 24.3 Å². The van der Waals surface area contributed by atoms with E-state index in [-0.39, 0.29) is 0 Å². The molecule has 0 amide bonds. The largest absolute Gasteiger partial charge is 0.490 e. The molecule has 0 saturated heterocycles. The molecule has 96 valence electrons. The first-order valence-electron chi connectivity index (χ1n) is 6.52. The van der Waals surface area contributed by atoms with Crippen LogP contribution >= 0.6 is 0 Å². The molecule has 18 heavy (non-hydrogen) atoms. The molecule has 2 aromatic rings. The number of rotatable bonds is 5. The van der Waals surface area contributed by atoms with Gasteiger partial charge in [-0.2, -0.15) is 0 Å². The topological polar surface area (TPSA) is 48.1 Å². The molecule has 3 heteroatoms. The number of ether oxygens (including phenoxy) is 1. The van der Waals surface area contributed by atoms with E-state index in [0.717, 1.165) is 29.5 Å². The van der Waals surface area contributed by atoms with E-state index in [1.165, 1.54) is 0 Å². The Morgan fingerprint density at radius 1 is 1.22 bits per heavy atom. The molecule has 0 bridgehead atoms. The van der Waals surface area contributed by atoms with E-state index >= 15 is 0 Å². The van der Waals surface area contributed by atoms with Crippen LogP contribution in [0.25, 0.3) is 10.9 Å². The van der Waals surface area contributed by atoms with Crippen molar-refractivity contribution >= 4 is 16.6 Å². The van der Waals surface area contributed by atoms with Gasteiger partial charge >= 0.3 is 0 Å². The van der Waals surface area contributed by atoms with E-state index in [0.29, 0.717) is 18.2 Å². The van der Waals surface area contributed by atoms with Gasteiger partial charge in [-0.05, 0) is 18.1 Å². The Morgan fingerprint density at radius 2 is 1.94 bits per heavy atom. The van der Waals surface area contributed by atoms with Crippen molar-refractivity contribution in [2.24, 2.45) is 5.92 Å². The molecule has 0 aliphatic heterocycles. The Bertz CT molecular complexity index is 521. The van der Waals surface area contributed by atoms with Gasteiger partial charge in [-0.15, -0.1) is 0 Å². The van der Waals surface area contributed by atoms with Gasteiger partial charge in [0.25, 0.3) is 0 Å². The molecule has 1 heterocycles. The number of aromatic nitrogens is 1. The fourth-order valence-corrected chi connectivity index (χ4v) is 2.02. The van der Waals surface area contributed by atoms with Crippen LogP contribution < -0.4 is 10.5 Å². The highest BCUT2D eigenvalue weighted by atomic mass is 16.5. The Kier molecular flexibility index (Phi) is 4.03. The molecule has 2 N–H and O–H groups in total. The van der Waals surface area contributed by atoms with Crippen molar-refractivity contribution in [1.82, 2.24) is 4.98 Å². The zero-order valence-corrected chi connectivity index (χ0v) is 11.0. The fraction of sp³-hybridized carbons (Fsp3) is 0.400. The predicted octanol–water partition coefficient (Wildman–Crippen LogP) is 3.63. The zero-order chi connectivity index (χ0) is 13.0. The third kappa shape index (κ3) is 2.55. The molecule has 1 aromatic heterocycles. The summed E-state index contributed by atoms with van der Waals surface area (Å²) in [5, 5.41) is 0.989. The number of pyridine rings is 1. The number of nitrogens with two attached hydrogens (primary N) is 1. The SMILES string of the molecule is CCC(CC)COc1c(N)cnc2ccccc12. The van der Waals surface area contributed by atoms with Crippen LogP contribution in [0, 0.1) is 5.92 Å². The van der Waals surface area contributed by atoms with Gasteiger partial charge in [-0.3, -0.25) is 4.98 Å². The third-order valence-corrected chi connectivity index (χ3v) is 3.37. The molecule has 0 unspecified atom stereocenters. The number of nitrogens with zero attached hydrogens (tertiary/aromatic N) is 1. The summed E-state index contributed by atoms with van der Waals surface area (Å²) < 4.78 is 5.93. The van der Waals surface area contributed by atoms with Crippen LogP contribution in [0.1, 0.15) is 26.7 Å². The first kappa shape index (κ1) is 12.7. The molecule has 0 spiro atoms. The highest BCUT2D eigenvalue weighted by Gasteiger charge is 2.10. The van der Waals surface area contributed by atoms with Gasteiger partial charge in [0.15, 0.2) is 5.75 Å². The minimum atomic E-state index is 0.580. The Labute approximate surface area is 108 Å². The number of hydrogen-bond acceptors (Lipinski definition) is 3. The van der Waals surface area contributed by atoms with Gasteiger partial charge < -0.3 is 10.5 Å². The van der Waals surface area contributed by atoms with Crippen LogP contribution in [-0.4, -0.2) is 11.6 Å². The predicted molar refractivity (Wildman–Crippen MR) is 75.7 cm³/mol. The molecule has 2 rings (SSSR count). The van der Waals surface area contributed by atoms with Crippen molar-refractivity contribution in [3.8, 4) is 5.75 Å². The van der Waals surface area contributed by atoms with Crippen molar-refractivity contribution < 1.29 is 4.74 Å². The van der Waals surface area contributed by atoms with E-state index in [2.05, 4.69) is 18.8 Å². The summed E-state index contributed by atoms with van der Waals surface area (Å²) in [6.07, 6.45) is 3.92. The summed E-state index contributed by atoms with van der Waals surface area (Å²) in [5.41, 5.74) is 7.50. The first-order valence-corrected chi connectivity index (χ1v) is 6.52. The van der Waals surface area contributed by atoms with Crippen molar-refractivity contribution in [3.05, 3.63) is 30.5 Å². The van der Waals surface area contributed by atoms with Crippen LogP contribution in [-0.2, 0) is 0 Å². The number of anilines is 1. The Morgan fingerprint density at radius 3 is 2.67 bits per heavy atom. The zero-order valence-electron chi connectivity index (χ0n) is 11.0. The summed E-state index contributed by atoms with van der Waals surface area (Å²) in [4.78, 5) is 4.30. The van der Waals surface area contributed by atoms with Gasteiger partial charge in [0, 0.05) is 5.39 Å².